The second kappa shape index (κ2) is 11.0. The van der Waals surface area contributed by atoms with Gasteiger partial charge >= 0.3 is 0 Å². The lowest BCUT2D eigenvalue weighted by Gasteiger charge is -2.33. The number of hydrogen-bond donors (Lipinski definition) is 1. The molecule has 172 valence electrons. The average molecular weight is 455 g/mol. The van der Waals surface area contributed by atoms with E-state index in [0.717, 1.165) is 16.5 Å². The fraction of sp³-hybridized carbons (Fsp3) is 0.480. The van der Waals surface area contributed by atoms with Gasteiger partial charge in [-0.3, -0.25) is 9.59 Å². The molecule has 0 bridgehead atoms. The topological polar surface area (TPSA) is 65.5 Å². The van der Waals surface area contributed by atoms with Crippen molar-refractivity contribution in [1.29, 1.82) is 0 Å². The van der Waals surface area contributed by atoms with Crippen molar-refractivity contribution in [1.82, 2.24) is 20.1 Å². The van der Waals surface area contributed by atoms with E-state index in [0.29, 0.717) is 38.0 Å². The lowest BCUT2D eigenvalue weighted by Crippen LogP contribution is -2.46. The molecular formula is C25H34N4O2S. The molecule has 1 aliphatic heterocycles. The summed E-state index contributed by atoms with van der Waals surface area (Å²) in [7, 11) is 4.09. The molecule has 0 unspecified atom stereocenters. The molecule has 1 aromatic carbocycles. The van der Waals surface area contributed by atoms with E-state index in [2.05, 4.69) is 29.0 Å². The van der Waals surface area contributed by atoms with Gasteiger partial charge in [0.15, 0.2) is 0 Å². The number of carbonyl (C=O) groups excluding carboxylic acids is 2. The third-order valence-corrected chi connectivity index (χ3v) is 6.56. The van der Waals surface area contributed by atoms with Crippen LogP contribution in [0.5, 0.6) is 0 Å². The standard InChI is InChI=1S/C25H34N4O2S/c1-25(2,18-28(3)4)17-27-23(30)19-12-15-29(16-13-19)24(31)20-8-10-21(11-9-20)32-22-7-5-6-14-26-22/h5-11,14,19H,12-13,15-18H2,1-4H3,(H,27,30). The number of carbonyl (C=O) groups is 2. The third-order valence-electron chi connectivity index (χ3n) is 5.60. The number of pyridine rings is 1. The van der Waals surface area contributed by atoms with E-state index in [4.69, 9.17) is 0 Å². The number of nitrogens with zero attached hydrogens (tertiary/aromatic N) is 3. The molecule has 6 nitrogen and oxygen atoms in total. The summed E-state index contributed by atoms with van der Waals surface area (Å²) in [5, 5.41) is 4.05. The van der Waals surface area contributed by atoms with E-state index in [1.165, 1.54) is 0 Å². The van der Waals surface area contributed by atoms with Crippen LogP contribution >= 0.6 is 11.8 Å². The highest BCUT2D eigenvalue weighted by atomic mass is 32.2. The molecule has 1 saturated heterocycles. The largest absolute Gasteiger partial charge is 0.355 e. The molecule has 2 amide bonds. The van der Waals surface area contributed by atoms with Crippen LogP contribution in [-0.4, -0.2) is 66.9 Å². The minimum atomic E-state index is -0.0219. The Balaban J connectivity index is 1.47. The Morgan fingerprint density at radius 1 is 1.12 bits per heavy atom. The molecule has 2 aromatic rings. The number of amides is 2. The maximum Gasteiger partial charge on any atom is 0.253 e. The summed E-state index contributed by atoms with van der Waals surface area (Å²) in [5.74, 6) is 0.122. The van der Waals surface area contributed by atoms with Gasteiger partial charge in [0.2, 0.25) is 5.91 Å². The van der Waals surface area contributed by atoms with E-state index in [9.17, 15) is 9.59 Å². The second-order valence-corrected chi connectivity index (χ2v) is 10.6. The van der Waals surface area contributed by atoms with E-state index in [1.54, 1.807) is 18.0 Å². The number of benzene rings is 1. The van der Waals surface area contributed by atoms with Crippen LogP contribution in [0.25, 0.3) is 0 Å². The van der Waals surface area contributed by atoms with Crippen LogP contribution in [0.15, 0.2) is 58.6 Å². The molecule has 0 radical (unpaired) electrons. The molecule has 1 aromatic heterocycles. The zero-order valence-electron chi connectivity index (χ0n) is 19.5. The van der Waals surface area contributed by atoms with Crippen molar-refractivity contribution in [2.75, 3.05) is 40.3 Å². The fourth-order valence-electron chi connectivity index (χ4n) is 4.10. The van der Waals surface area contributed by atoms with Gasteiger partial charge in [-0.15, -0.1) is 0 Å². The van der Waals surface area contributed by atoms with Crippen LogP contribution in [0.4, 0.5) is 0 Å². The first-order valence-electron chi connectivity index (χ1n) is 11.1. The molecule has 1 fully saturated rings. The van der Waals surface area contributed by atoms with Crippen molar-refractivity contribution in [2.24, 2.45) is 11.3 Å². The molecule has 0 aliphatic carbocycles. The molecule has 1 aliphatic rings. The Labute approximate surface area is 195 Å². The summed E-state index contributed by atoms with van der Waals surface area (Å²) in [6, 6.07) is 13.5. The normalized spacial score (nSPS) is 15.1. The molecule has 2 heterocycles. The summed E-state index contributed by atoms with van der Waals surface area (Å²) in [4.78, 5) is 34.9. The van der Waals surface area contributed by atoms with Crippen LogP contribution in [0.1, 0.15) is 37.0 Å². The molecule has 1 N–H and O–H groups in total. The van der Waals surface area contributed by atoms with Gasteiger partial charge in [0.05, 0.1) is 0 Å². The quantitative estimate of drug-likeness (QED) is 0.657. The van der Waals surface area contributed by atoms with Crippen LogP contribution in [0.3, 0.4) is 0 Å². The van der Waals surface area contributed by atoms with Crippen molar-refractivity contribution < 1.29 is 9.59 Å². The first kappa shape index (κ1) is 24.3. The second-order valence-electron chi connectivity index (χ2n) is 9.48. The Morgan fingerprint density at radius 3 is 2.41 bits per heavy atom. The van der Waals surface area contributed by atoms with Crippen LogP contribution in [0.2, 0.25) is 0 Å². The third kappa shape index (κ3) is 7.07. The minimum absolute atomic E-state index is 0.0219. The van der Waals surface area contributed by atoms with E-state index >= 15 is 0 Å². The molecule has 0 spiro atoms. The number of rotatable bonds is 8. The van der Waals surface area contributed by atoms with E-state index < -0.39 is 0 Å². The Kier molecular flexibility index (Phi) is 8.32. The minimum Gasteiger partial charge on any atom is -0.355 e. The number of nitrogens with one attached hydrogen (secondary N) is 1. The summed E-state index contributed by atoms with van der Waals surface area (Å²) in [6.07, 6.45) is 3.19. The molecule has 7 heteroatoms. The summed E-state index contributed by atoms with van der Waals surface area (Å²) >= 11 is 1.57. The van der Waals surface area contributed by atoms with Crippen LogP contribution in [-0.2, 0) is 4.79 Å². The van der Waals surface area contributed by atoms with Crippen LogP contribution < -0.4 is 5.32 Å². The van der Waals surface area contributed by atoms with Crippen molar-refractivity contribution in [2.45, 2.75) is 36.6 Å². The Bertz CT molecular complexity index is 892. The van der Waals surface area contributed by atoms with Crippen LogP contribution in [0, 0.1) is 11.3 Å². The zero-order valence-corrected chi connectivity index (χ0v) is 20.3. The summed E-state index contributed by atoms with van der Waals surface area (Å²) < 4.78 is 0. The first-order valence-corrected chi connectivity index (χ1v) is 12.0. The van der Waals surface area contributed by atoms with Crippen molar-refractivity contribution in [3.05, 3.63) is 54.2 Å². The maximum absolute atomic E-state index is 12.9. The predicted octanol–water partition coefficient (Wildman–Crippen LogP) is 3.79. The van der Waals surface area contributed by atoms with Gasteiger partial charge in [-0.2, -0.15) is 0 Å². The zero-order chi connectivity index (χ0) is 23.1. The number of hydrogen-bond acceptors (Lipinski definition) is 5. The summed E-state index contributed by atoms with van der Waals surface area (Å²) in [5.41, 5.74) is 0.709. The number of likely N-dealkylation sites (tertiary alicyclic amines) is 1. The van der Waals surface area contributed by atoms with Gasteiger partial charge in [0, 0.05) is 48.8 Å². The first-order chi connectivity index (χ1) is 15.2. The molecule has 32 heavy (non-hydrogen) atoms. The SMILES string of the molecule is CN(C)CC(C)(C)CNC(=O)C1CCN(C(=O)c2ccc(Sc3ccccn3)cc2)CC1. The monoisotopic (exact) mass is 454 g/mol. The number of aromatic nitrogens is 1. The fourth-order valence-corrected chi connectivity index (χ4v) is 4.88. The van der Waals surface area contributed by atoms with E-state index in [-0.39, 0.29) is 23.1 Å². The number of piperidine rings is 1. The lowest BCUT2D eigenvalue weighted by atomic mass is 9.91. The van der Waals surface area contributed by atoms with Gasteiger partial charge < -0.3 is 15.1 Å². The molecular weight excluding hydrogens is 420 g/mol. The van der Waals surface area contributed by atoms with E-state index in [1.807, 2.05) is 61.5 Å². The van der Waals surface area contributed by atoms with Crippen molar-refractivity contribution in [3.8, 4) is 0 Å². The highest BCUT2D eigenvalue weighted by Crippen LogP contribution is 2.26. The van der Waals surface area contributed by atoms with Gasteiger partial charge in [0.1, 0.15) is 5.03 Å². The molecule has 0 saturated carbocycles. The Morgan fingerprint density at radius 2 is 1.81 bits per heavy atom. The average Bonchev–Trinajstić information content (AvgIpc) is 2.77. The highest BCUT2D eigenvalue weighted by molar-refractivity contribution is 7.99. The van der Waals surface area contributed by atoms with Gasteiger partial charge in [-0.25, -0.2) is 4.98 Å². The molecule has 3 rings (SSSR count). The Hall–Kier alpha value is -2.38. The maximum atomic E-state index is 12.9. The van der Waals surface area contributed by atoms with Gasteiger partial charge in [-0.1, -0.05) is 31.7 Å². The highest BCUT2D eigenvalue weighted by Gasteiger charge is 2.29. The smallest absolute Gasteiger partial charge is 0.253 e. The van der Waals surface area contributed by atoms with Gasteiger partial charge in [-0.05, 0) is 68.8 Å². The predicted molar refractivity (Wildman–Crippen MR) is 129 cm³/mol. The van der Waals surface area contributed by atoms with Crippen molar-refractivity contribution >= 4 is 23.6 Å². The lowest BCUT2D eigenvalue weighted by molar-refractivity contribution is -0.126. The summed E-state index contributed by atoms with van der Waals surface area (Å²) in [6.45, 7) is 7.12. The van der Waals surface area contributed by atoms with Crippen molar-refractivity contribution in [3.63, 3.8) is 0 Å². The van der Waals surface area contributed by atoms with Gasteiger partial charge in [0.25, 0.3) is 5.91 Å². The molecule has 0 atom stereocenters.